The predicted molar refractivity (Wildman–Crippen MR) is 99.1 cm³/mol. The van der Waals surface area contributed by atoms with Crippen molar-refractivity contribution < 1.29 is 14.6 Å². The lowest BCUT2D eigenvalue weighted by Gasteiger charge is -2.60. The van der Waals surface area contributed by atoms with Gasteiger partial charge >= 0.3 is 0 Å². The normalized spacial score (nSPS) is 39.9. The average molecular weight is 344 g/mol. The molecule has 2 saturated carbocycles. The first-order valence-corrected chi connectivity index (χ1v) is 9.90. The van der Waals surface area contributed by atoms with Gasteiger partial charge < -0.3 is 14.6 Å². The first kappa shape index (κ1) is 17.4. The molecule has 1 aromatic rings. The molecule has 2 fully saturated rings. The van der Waals surface area contributed by atoms with Gasteiger partial charge in [-0.05, 0) is 79.5 Å². The van der Waals surface area contributed by atoms with Gasteiger partial charge in [0.25, 0.3) is 0 Å². The van der Waals surface area contributed by atoms with E-state index in [1.807, 2.05) is 0 Å². The molecule has 0 aromatic heterocycles. The van der Waals surface area contributed by atoms with Crippen molar-refractivity contribution in [1.82, 2.24) is 0 Å². The van der Waals surface area contributed by atoms with Gasteiger partial charge in [-0.25, -0.2) is 0 Å². The summed E-state index contributed by atoms with van der Waals surface area (Å²) in [7, 11) is 3.47. The summed E-state index contributed by atoms with van der Waals surface area (Å²) in [5.74, 6) is 2.93. The molecule has 3 aliphatic rings. The number of fused-ring (bicyclic) bond motifs is 5. The standard InChI is InChI=1S/C22H32O3/c1-21-12-10-18-17-9-7-16(25-3)13-15(17)6-8-19(18)20(21)5-4-11-22(21,23)14-24-2/h7,9,13,18-20,23H,4-6,8,10-12,14H2,1-3H3/t18-,19-,20+,21+,22?/m1/s1. The second kappa shape index (κ2) is 6.28. The molecule has 0 aliphatic heterocycles. The molecule has 0 heterocycles. The Bertz CT molecular complexity index is 638. The van der Waals surface area contributed by atoms with Gasteiger partial charge in [0.05, 0.1) is 19.3 Å². The van der Waals surface area contributed by atoms with Crippen molar-refractivity contribution in [3.8, 4) is 5.75 Å². The number of benzene rings is 1. The van der Waals surface area contributed by atoms with Crippen LogP contribution in [0.3, 0.4) is 0 Å². The highest BCUT2D eigenvalue weighted by atomic mass is 16.5. The van der Waals surface area contributed by atoms with Gasteiger partial charge in [0, 0.05) is 12.5 Å². The lowest BCUT2D eigenvalue weighted by molar-refractivity contribution is -0.194. The van der Waals surface area contributed by atoms with Gasteiger partial charge in [-0.3, -0.25) is 0 Å². The summed E-state index contributed by atoms with van der Waals surface area (Å²) < 4.78 is 10.9. The minimum atomic E-state index is -0.657. The fourth-order valence-electron chi connectivity index (χ4n) is 6.49. The zero-order valence-corrected chi connectivity index (χ0v) is 15.9. The summed E-state index contributed by atoms with van der Waals surface area (Å²) in [6.45, 7) is 2.82. The van der Waals surface area contributed by atoms with E-state index < -0.39 is 5.60 Å². The van der Waals surface area contributed by atoms with Crippen LogP contribution in [-0.2, 0) is 11.2 Å². The van der Waals surface area contributed by atoms with Gasteiger partial charge in [0.2, 0.25) is 0 Å². The Morgan fingerprint density at radius 2 is 2.00 bits per heavy atom. The van der Waals surface area contributed by atoms with E-state index in [-0.39, 0.29) is 5.41 Å². The summed E-state index contributed by atoms with van der Waals surface area (Å²) >= 11 is 0. The summed E-state index contributed by atoms with van der Waals surface area (Å²) in [5.41, 5.74) is 2.36. The second-order valence-corrected chi connectivity index (χ2v) is 8.79. The lowest BCUT2D eigenvalue weighted by atomic mass is 9.46. The van der Waals surface area contributed by atoms with E-state index in [0.29, 0.717) is 24.4 Å². The first-order chi connectivity index (χ1) is 12.0. The molecule has 0 spiro atoms. The molecule has 25 heavy (non-hydrogen) atoms. The van der Waals surface area contributed by atoms with Crippen molar-refractivity contribution in [2.45, 2.75) is 63.4 Å². The molecule has 3 nitrogen and oxygen atoms in total. The Kier molecular flexibility index (Phi) is 4.36. The zero-order valence-electron chi connectivity index (χ0n) is 15.9. The Hall–Kier alpha value is -1.06. The summed E-state index contributed by atoms with van der Waals surface area (Å²) in [5, 5.41) is 11.4. The van der Waals surface area contributed by atoms with E-state index in [2.05, 4.69) is 25.1 Å². The van der Waals surface area contributed by atoms with E-state index in [0.717, 1.165) is 31.4 Å². The summed E-state index contributed by atoms with van der Waals surface area (Å²) in [6, 6.07) is 6.66. The summed E-state index contributed by atoms with van der Waals surface area (Å²) in [6.07, 6.45) is 7.94. The molecule has 1 aromatic carbocycles. The van der Waals surface area contributed by atoms with Crippen molar-refractivity contribution in [2.24, 2.45) is 17.3 Å². The van der Waals surface area contributed by atoms with Crippen molar-refractivity contribution in [3.63, 3.8) is 0 Å². The largest absolute Gasteiger partial charge is 0.497 e. The maximum Gasteiger partial charge on any atom is 0.119 e. The van der Waals surface area contributed by atoms with E-state index >= 15 is 0 Å². The van der Waals surface area contributed by atoms with Gasteiger partial charge in [-0.15, -0.1) is 0 Å². The number of methoxy groups -OCH3 is 2. The van der Waals surface area contributed by atoms with E-state index in [1.54, 1.807) is 19.8 Å². The van der Waals surface area contributed by atoms with Gasteiger partial charge in [0.1, 0.15) is 5.75 Å². The molecular formula is C22H32O3. The van der Waals surface area contributed by atoms with Crippen LogP contribution < -0.4 is 4.74 Å². The van der Waals surface area contributed by atoms with Crippen LogP contribution in [0.5, 0.6) is 5.75 Å². The zero-order chi connectivity index (χ0) is 17.7. The van der Waals surface area contributed by atoms with Crippen LogP contribution in [0.4, 0.5) is 0 Å². The molecule has 0 amide bonds. The van der Waals surface area contributed by atoms with Crippen molar-refractivity contribution in [2.75, 3.05) is 20.8 Å². The third-order valence-electron chi connectivity index (χ3n) is 7.88. The van der Waals surface area contributed by atoms with Crippen LogP contribution in [-0.4, -0.2) is 31.5 Å². The number of aryl methyl sites for hydroxylation is 1. The topological polar surface area (TPSA) is 38.7 Å². The smallest absolute Gasteiger partial charge is 0.119 e. The Balaban J connectivity index is 1.67. The minimum absolute atomic E-state index is 0.00754. The molecular weight excluding hydrogens is 312 g/mol. The Morgan fingerprint density at radius 3 is 2.76 bits per heavy atom. The lowest BCUT2D eigenvalue weighted by Crippen LogP contribution is -2.60. The van der Waals surface area contributed by atoms with Gasteiger partial charge in [0.15, 0.2) is 0 Å². The number of hydrogen-bond acceptors (Lipinski definition) is 3. The van der Waals surface area contributed by atoms with Crippen molar-refractivity contribution in [1.29, 1.82) is 0 Å². The van der Waals surface area contributed by atoms with Crippen LogP contribution in [0.25, 0.3) is 0 Å². The Labute approximate surface area is 151 Å². The van der Waals surface area contributed by atoms with Crippen molar-refractivity contribution >= 4 is 0 Å². The molecule has 3 heteroatoms. The van der Waals surface area contributed by atoms with Crippen LogP contribution in [0, 0.1) is 17.3 Å². The third kappa shape index (κ3) is 2.54. The molecule has 138 valence electrons. The maximum absolute atomic E-state index is 11.4. The predicted octanol–water partition coefficient (Wildman–Crippen LogP) is 4.32. The Morgan fingerprint density at radius 1 is 1.16 bits per heavy atom. The molecule has 1 N–H and O–H groups in total. The number of rotatable bonds is 3. The molecule has 0 radical (unpaired) electrons. The summed E-state index contributed by atoms with van der Waals surface area (Å²) in [4.78, 5) is 0. The number of aliphatic hydroxyl groups is 1. The quantitative estimate of drug-likeness (QED) is 0.887. The monoisotopic (exact) mass is 344 g/mol. The third-order valence-corrected chi connectivity index (χ3v) is 7.88. The molecule has 3 aliphatic carbocycles. The number of hydrogen-bond donors (Lipinski definition) is 1. The highest BCUT2D eigenvalue weighted by Gasteiger charge is 2.59. The molecule has 1 unspecified atom stereocenters. The van der Waals surface area contributed by atoms with Crippen LogP contribution >= 0.6 is 0 Å². The molecule has 5 atom stereocenters. The molecule has 0 saturated heterocycles. The molecule has 0 bridgehead atoms. The van der Waals surface area contributed by atoms with E-state index in [4.69, 9.17) is 9.47 Å². The van der Waals surface area contributed by atoms with E-state index in [1.165, 1.54) is 24.8 Å². The average Bonchev–Trinajstić information content (AvgIpc) is 2.62. The fraction of sp³-hybridized carbons (Fsp3) is 0.727. The highest BCUT2D eigenvalue weighted by molar-refractivity contribution is 5.40. The minimum Gasteiger partial charge on any atom is -0.497 e. The van der Waals surface area contributed by atoms with Gasteiger partial charge in [-0.2, -0.15) is 0 Å². The second-order valence-electron chi connectivity index (χ2n) is 8.79. The van der Waals surface area contributed by atoms with Crippen LogP contribution in [0.2, 0.25) is 0 Å². The highest BCUT2D eigenvalue weighted by Crippen LogP contribution is 2.62. The van der Waals surface area contributed by atoms with E-state index in [9.17, 15) is 5.11 Å². The number of ether oxygens (including phenoxy) is 2. The van der Waals surface area contributed by atoms with Gasteiger partial charge in [-0.1, -0.05) is 19.4 Å². The molecule has 4 rings (SSSR count). The first-order valence-electron chi connectivity index (χ1n) is 9.90. The van der Waals surface area contributed by atoms with Crippen LogP contribution in [0.1, 0.15) is 62.5 Å². The fourth-order valence-corrected chi connectivity index (χ4v) is 6.49. The van der Waals surface area contributed by atoms with Crippen LogP contribution in [0.15, 0.2) is 18.2 Å². The van der Waals surface area contributed by atoms with Crippen molar-refractivity contribution in [3.05, 3.63) is 29.3 Å². The SMILES string of the molecule is COCC1(O)CCC[C@H]2[C@@H]3CCc4cc(OC)ccc4[C@H]3CC[C@@]21C. The maximum atomic E-state index is 11.4.